The van der Waals surface area contributed by atoms with Crippen LogP contribution in [0.25, 0.3) is 0 Å². The number of thiophene rings is 1. The van der Waals surface area contributed by atoms with E-state index in [1.165, 1.54) is 0 Å². The number of hydrogen-bond donors (Lipinski definition) is 1. The van der Waals surface area contributed by atoms with E-state index in [0.717, 1.165) is 14.9 Å². The van der Waals surface area contributed by atoms with Gasteiger partial charge in [0.2, 0.25) is 0 Å². The van der Waals surface area contributed by atoms with Crippen LogP contribution in [0.5, 0.6) is 0 Å². The minimum absolute atomic E-state index is 0.0104. The maximum atomic E-state index is 12.2. The molecule has 0 amide bonds. The minimum atomic E-state index is -0.0104. The molecule has 2 nitrogen and oxygen atoms in total. The van der Waals surface area contributed by atoms with Gasteiger partial charge in [0.15, 0.2) is 5.78 Å². The first-order chi connectivity index (χ1) is 7.59. The van der Waals surface area contributed by atoms with Crippen molar-refractivity contribution in [2.75, 3.05) is 5.73 Å². The highest BCUT2D eigenvalue weighted by atomic mass is 79.9. The van der Waals surface area contributed by atoms with Crippen molar-refractivity contribution in [3.05, 3.63) is 50.1 Å². The number of nitrogens with two attached hydrogens (primary N) is 1. The van der Waals surface area contributed by atoms with Gasteiger partial charge in [-0.1, -0.05) is 15.9 Å². The van der Waals surface area contributed by atoms with Gasteiger partial charge in [-0.2, -0.15) is 0 Å². The van der Waals surface area contributed by atoms with E-state index < -0.39 is 0 Å². The van der Waals surface area contributed by atoms with E-state index in [1.54, 1.807) is 23.5 Å². The van der Waals surface area contributed by atoms with E-state index in [2.05, 4.69) is 15.9 Å². The van der Waals surface area contributed by atoms with Crippen molar-refractivity contribution < 1.29 is 4.79 Å². The molecule has 4 heteroatoms. The van der Waals surface area contributed by atoms with E-state index in [4.69, 9.17) is 5.73 Å². The molecule has 0 spiro atoms. The van der Waals surface area contributed by atoms with Gasteiger partial charge >= 0.3 is 0 Å². The second-order valence-electron chi connectivity index (χ2n) is 3.45. The molecule has 82 valence electrons. The minimum Gasteiger partial charge on any atom is -0.398 e. The average Bonchev–Trinajstić information content (AvgIpc) is 2.63. The van der Waals surface area contributed by atoms with Crippen LogP contribution in [0.3, 0.4) is 0 Å². The van der Waals surface area contributed by atoms with E-state index in [9.17, 15) is 4.79 Å². The Labute approximate surface area is 106 Å². The van der Waals surface area contributed by atoms with Crippen molar-refractivity contribution in [3.8, 4) is 0 Å². The molecule has 0 fully saturated rings. The van der Waals surface area contributed by atoms with Gasteiger partial charge < -0.3 is 5.73 Å². The smallest absolute Gasteiger partial charge is 0.196 e. The van der Waals surface area contributed by atoms with Gasteiger partial charge in [0.1, 0.15) is 0 Å². The summed E-state index contributed by atoms with van der Waals surface area (Å²) in [5, 5.41) is 1.91. The Bertz CT molecular complexity index is 548. The van der Waals surface area contributed by atoms with Crippen LogP contribution in [0.2, 0.25) is 0 Å². The highest BCUT2D eigenvalue weighted by molar-refractivity contribution is 9.10. The van der Waals surface area contributed by atoms with Crippen LogP contribution in [0.1, 0.15) is 20.8 Å². The van der Waals surface area contributed by atoms with E-state index in [-0.39, 0.29) is 5.78 Å². The maximum absolute atomic E-state index is 12.2. The predicted octanol–water partition coefficient (Wildman–Crippen LogP) is 3.63. The molecule has 0 aliphatic carbocycles. The van der Waals surface area contributed by atoms with Gasteiger partial charge in [0.05, 0.1) is 0 Å². The summed E-state index contributed by atoms with van der Waals surface area (Å²) < 4.78 is 0.878. The summed E-state index contributed by atoms with van der Waals surface area (Å²) in [5.41, 5.74) is 7.63. The number of ketones is 1. The topological polar surface area (TPSA) is 43.1 Å². The fourth-order valence-corrected chi connectivity index (χ4v) is 2.58. The third kappa shape index (κ3) is 2.03. The van der Waals surface area contributed by atoms with Gasteiger partial charge in [0, 0.05) is 26.2 Å². The SMILES string of the molecule is Cc1sccc1C(=O)c1ccc(Br)cc1N. The number of aryl methyl sites for hydroxylation is 1. The molecule has 0 bridgehead atoms. The van der Waals surface area contributed by atoms with Crippen LogP contribution in [0, 0.1) is 6.92 Å². The van der Waals surface area contributed by atoms with E-state index >= 15 is 0 Å². The zero-order valence-electron chi connectivity index (χ0n) is 8.66. The van der Waals surface area contributed by atoms with Crippen LogP contribution >= 0.6 is 27.3 Å². The molecule has 2 aromatic rings. The Kier molecular flexibility index (Phi) is 3.12. The number of benzene rings is 1. The standard InChI is InChI=1S/C12H10BrNOS/c1-7-9(4-5-16-7)12(15)10-3-2-8(13)6-11(10)14/h2-6H,14H2,1H3. The van der Waals surface area contributed by atoms with E-state index in [0.29, 0.717) is 11.3 Å². The number of carbonyl (C=O) groups is 1. The number of anilines is 1. The zero-order chi connectivity index (χ0) is 11.7. The van der Waals surface area contributed by atoms with Gasteiger partial charge in [-0.05, 0) is 36.6 Å². The van der Waals surface area contributed by atoms with Gasteiger partial charge in [-0.25, -0.2) is 0 Å². The largest absolute Gasteiger partial charge is 0.398 e. The van der Waals surface area contributed by atoms with Crippen LogP contribution in [-0.4, -0.2) is 5.78 Å². The lowest BCUT2D eigenvalue weighted by atomic mass is 10.0. The van der Waals surface area contributed by atoms with Crippen molar-refractivity contribution >= 4 is 38.7 Å². The molecule has 0 unspecified atom stereocenters. The van der Waals surface area contributed by atoms with Crippen LogP contribution < -0.4 is 5.73 Å². The predicted molar refractivity (Wildman–Crippen MR) is 71.0 cm³/mol. The second-order valence-corrected chi connectivity index (χ2v) is 5.49. The third-order valence-electron chi connectivity index (χ3n) is 2.36. The summed E-state index contributed by atoms with van der Waals surface area (Å²) in [6.07, 6.45) is 0. The molecule has 1 heterocycles. The fourth-order valence-electron chi connectivity index (χ4n) is 1.51. The second kappa shape index (κ2) is 4.39. The molecule has 16 heavy (non-hydrogen) atoms. The van der Waals surface area contributed by atoms with Crippen molar-refractivity contribution in [2.24, 2.45) is 0 Å². The number of halogens is 1. The monoisotopic (exact) mass is 295 g/mol. The number of nitrogen functional groups attached to an aromatic ring is 1. The Morgan fingerprint density at radius 3 is 2.62 bits per heavy atom. The molecule has 2 N–H and O–H groups in total. The van der Waals surface area contributed by atoms with Crippen LogP contribution in [-0.2, 0) is 0 Å². The van der Waals surface area contributed by atoms with Crippen LogP contribution in [0.15, 0.2) is 34.1 Å². The fraction of sp³-hybridized carbons (Fsp3) is 0.0833. The maximum Gasteiger partial charge on any atom is 0.196 e. The molecule has 0 saturated heterocycles. The van der Waals surface area contributed by atoms with Crippen molar-refractivity contribution in [1.82, 2.24) is 0 Å². The molecule has 1 aromatic heterocycles. The molecule has 0 aliphatic heterocycles. The first kappa shape index (κ1) is 11.4. The van der Waals surface area contributed by atoms with Gasteiger partial charge in [-0.15, -0.1) is 11.3 Å². The summed E-state index contributed by atoms with van der Waals surface area (Å²) >= 11 is 4.88. The highest BCUT2D eigenvalue weighted by Crippen LogP contribution is 2.24. The quantitative estimate of drug-likeness (QED) is 0.679. The summed E-state index contributed by atoms with van der Waals surface area (Å²) in [6, 6.07) is 7.16. The molecule has 1 aromatic carbocycles. The Balaban J connectivity index is 2.46. The van der Waals surface area contributed by atoms with Gasteiger partial charge in [0.25, 0.3) is 0 Å². The average molecular weight is 296 g/mol. The lowest BCUT2D eigenvalue weighted by Gasteiger charge is -2.04. The number of carbonyl (C=O) groups excluding carboxylic acids is 1. The Hall–Kier alpha value is -1.13. The molecule has 0 atom stereocenters. The summed E-state index contributed by atoms with van der Waals surface area (Å²) in [4.78, 5) is 13.2. The van der Waals surface area contributed by atoms with Gasteiger partial charge in [-0.3, -0.25) is 4.79 Å². The first-order valence-corrected chi connectivity index (χ1v) is 6.40. The lowest BCUT2D eigenvalue weighted by Crippen LogP contribution is -2.05. The molecule has 0 saturated carbocycles. The summed E-state index contributed by atoms with van der Waals surface area (Å²) in [5.74, 6) is -0.0104. The normalized spacial score (nSPS) is 10.4. The third-order valence-corrected chi connectivity index (χ3v) is 3.70. The van der Waals surface area contributed by atoms with Crippen molar-refractivity contribution in [2.45, 2.75) is 6.92 Å². The molecule has 0 aliphatic rings. The van der Waals surface area contributed by atoms with Crippen LogP contribution in [0.4, 0.5) is 5.69 Å². The lowest BCUT2D eigenvalue weighted by molar-refractivity contribution is 0.103. The summed E-state index contributed by atoms with van der Waals surface area (Å²) in [7, 11) is 0. The molecular weight excluding hydrogens is 286 g/mol. The Morgan fingerprint density at radius 2 is 2.06 bits per heavy atom. The molecule has 0 radical (unpaired) electrons. The first-order valence-electron chi connectivity index (χ1n) is 4.73. The number of rotatable bonds is 2. The Morgan fingerprint density at radius 1 is 1.31 bits per heavy atom. The van der Waals surface area contributed by atoms with Crippen molar-refractivity contribution in [3.63, 3.8) is 0 Å². The zero-order valence-corrected chi connectivity index (χ0v) is 11.1. The highest BCUT2D eigenvalue weighted by Gasteiger charge is 2.15. The van der Waals surface area contributed by atoms with E-state index in [1.807, 2.05) is 24.4 Å². The van der Waals surface area contributed by atoms with Crippen molar-refractivity contribution in [1.29, 1.82) is 0 Å². The number of hydrogen-bond acceptors (Lipinski definition) is 3. The molecular formula is C12H10BrNOS. The summed E-state index contributed by atoms with van der Waals surface area (Å²) in [6.45, 7) is 1.94. The molecule has 2 rings (SSSR count).